The lowest BCUT2D eigenvalue weighted by molar-refractivity contribution is -0.121. The Balaban J connectivity index is 1.54. The van der Waals surface area contributed by atoms with E-state index in [1.54, 1.807) is 12.1 Å². The largest absolute Gasteiger partial charge is 0.382 e. The summed E-state index contributed by atoms with van der Waals surface area (Å²) in [5.41, 5.74) is 8.65. The maximum Gasteiger partial charge on any atom is 0.220 e. The maximum atomic E-state index is 13.2. The second-order valence-electron chi connectivity index (χ2n) is 7.18. The van der Waals surface area contributed by atoms with Gasteiger partial charge in [0, 0.05) is 13.0 Å². The van der Waals surface area contributed by atoms with Crippen LogP contribution >= 0.6 is 0 Å². The fraction of sp³-hybridized carbons (Fsp3) is 0.261. The number of halogens is 1. The number of nitriles is 1. The Morgan fingerprint density at radius 2 is 1.93 bits per heavy atom. The van der Waals surface area contributed by atoms with Gasteiger partial charge < -0.3 is 11.1 Å². The number of nitrogens with one attached hydrogen (secondary N) is 1. The van der Waals surface area contributed by atoms with Crippen LogP contribution in [0.25, 0.3) is 5.69 Å². The molecule has 0 spiro atoms. The highest BCUT2D eigenvalue weighted by Gasteiger charge is 2.17. The fourth-order valence-electron chi connectivity index (χ4n) is 3.29. The van der Waals surface area contributed by atoms with E-state index in [2.05, 4.69) is 16.5 Å². The molecule has 0 fully saturated rings. The number of benzene rings is 2. The number of carbonyl (C=O) groups is 1. The van der Waals surface area contributed by atoms with E-state index in [1.165, 1.54) is 16.8 Å². The van der Waals surface area contributed by atoms with Gasteiger partial charge in [0.1, 0.15) is 23.3 Å². The average molecular weight is 405 g/mol. The highest BCUT2D eigenvalue weighted by atomic mass is 19.1. The van der Waals surface area contributed by atoms with Gasteiger partial charge in [-0.05, 0) is 48.6 Å². The molecule has 2 aromatic carbocycles. The zero-order chi connectivity index (χ0) is 21.5. The molecule has 1 aromatic heterocycles. The molecule has 0 radical (unpaired) electrons. The summed E-state index contributed by atoms with van der Waals surface area (Å²) in [5.74, 6) is -0.00632. The first-order chi connectivity index (χ1) is 14.5. The van der Waals surface area contributed by atoms with Crippen LogP contribution in [0.1, 0.15) is 42.5 Å². The van der Waals surface area contributed by atoms with Crippen LogP contribution in [0.4, 0.5) is 10.2 Å². The Bertz CT molecular complexity index is 1040. The lowest BCUT2D eigenvalue weighted by Crippen LogP contribution is -2.26. The Morgan fingerprint density at radius 3 is 2.60 bits per heavy atom. The van der Waals surface area contributed by atoms with Gasteiger partial charge >= 0.3 is 0 Å². The lowest BCUT2D eigenvalue weighted by Gasteiger charge is -2.11. The van der Waals surface area contributed by atoms with Crippen molar-refractivity contribution in [1.29, 1.82) is 5.26 Å². The van der Waals surface area contributed by atoms with Crippen molar-refractivity contribution in [3.05, 3.63) is 77.2 Å². The molecule has 7 heteroatoms. The first-order valence-electron chi connectivity index (χ1n) is 9.84. The van der Waals surface area contributed by atoms with E-state index >= 15 is 0 Å². The van der Waals surface area contributed by atoms with Crippen LogP contribution in [-0.4, -0.2) is 22.2 Å². The van der Waals surface area contributed by atoms with Crippen LogP contribution in [0, 0.1) is 17.1 Å². The molecule has 1 unspecified atom stereocenters. The second-order valence-corrected chi connectivity index (χ2v) is 7.18. The Kier molecular flexibility index (Phi) is 6.81. The van der Waals surface area contributed by atoms with Crippen LogP contribution in [0.3, 0.4) is 0 Å². The molecule has 0 bridgehead atoms. The number of hydrogen-bond donors (Lipinski definition) is 2. The zero-order valence-corrected chi connectivity index (χ0v) is 16.8. The first kappa shape index (κ1) is 21.1. The van der Waals surface area contributed by atoms with Crippen molar-refractivity contribution in [2.45, 2.75) is 32.1 Å². The van der Waals surface area contributed by atoms with Crippen molar-refractivity contribution in [3.63, 3.8) is 0 Å². The van der Waals surface area contributed by atoms with Gasteiger partial charge in [0.05, 0.1) is 11.4 Å². The van der Waals surface area contributed by atoms with E-state index in [0.717, 1.165) is 5.56 Å². The molecule has 30 heavy (non-hydrogen) atoms. The number of anilines is 1. The minimum atomic E-state index is -0.359. The van der Waals surface area contributed by atoms with Gasteiger partial charge in [0.15, 0.2) is 0 Å². The highest BCUT2D eigenvalue weighted by molar-refractivity contribution is 5.76. The van der Waals surface area contributed by atoms with Gasteiger partial charge in [-0.3, -0.25) is 4.79 Å². The van der Waals surface area contributed by atoms with Crippen molar-refractivity contribution < 1.29 is 9.18 Å². The third-order valence-electron chi connectivity index (χ3n) is 4.95. The van der Waals surface area contributed by atoms with E-state index in [9.17, 15) is 14.4 Å². The van der Waals surface area contributed by atoms with Gasteiger partial charge in [0.2, 0.25) is 5.91 Å². The molecule has 3 N–H and O–H groups in total. The number of nitrogen functional groups attached to an aromatic ring is 1. The van der Waals surface area contributed by atoms with E-state index < -0.39 is 0 Å². The maximum absolute atomic E-state index is 13.2. The predicted octanol–water partition coefficient (Wildman–Crippen LogP) is 3.71. The Morgan fingerprint density at radius 1 is 1.23 bits per heavy atom. The molecule has 1 atom stereocenters. The van der Waals surface area contributed by atoms with Gasteiger partial charge in [-0.25, -0.2) is 9.07 Å². The first-order valence-corrected chi connectivity index (χ1v) is 9.84. The van der Waals surface area contributed by atoms with Crippen LogP contribution in [-0.2, 0) is 11.2 Å². The van der Waals surface area contributed by atoms with Crippen molar-refractivity contribution in [3.8, 4) is 11.8 Å². The summed E-state index contributed by atoms with van der Waals surface area (Å²) in [6.45, 7) is 2.51. The summed E-state index contributed by atoms with van der Waals surface area (Å²) in [5, 5.41) is 16.8. The van der Waals surface area contributed by atoms with E-state index in [1.807, 2.05) is 37.3 Å². The molecule has 0 aliphatic carbocycles. The number of hydrogen-bond acceptors (Lipinski definition) is 4. The second kappa shape index (κ2) is 9.70. The Hall–Kier alpha value is -3.66. The number of aryl methyl sites for hydroxylation is 1. The summed E-state index contributed by atoms with van der Waals surface area (Å²) >= 11 is 0. The molecule has 3 aromatic rings. The summed E-state index contributed by atoms with van der Waals surface area (Å²) < 4.78 is 14.6. The molecular formula is C23H24FN5O. The van der Waals surface area contributed by atoms with E-state index in [0.29, 0.717) is 42.8 Å². The minimum absolute atomic E-state index is 0.0109. The number of nitrogens with zero attached hydrogens (tertiary/aromatic N) is 3. The molecule has 0 saturated carbocycles. The van der Waals surface area contributed by atoms with Crippen LogP contribution < -0.4 is 11.1 Å². The summed E-state index contributed by atoms with van der Waals surface area (Å²) in [7, 11) is 0. The standard InChI is InChI=1S/C23H24FN5O/c1-16(17-6-3-2-4-7-17)14-22(30)27-13-5-8-21-20(15-25)23(26)29(28-21)19-11-9-18(24)10-12-19/h2-4,6-7,9-12,16H,5,8,13-14,26H2,1H3,(H,27,30). The molecule has 0 saturated heterocycles. The van der Waals surface area contributed by atoms with Crippen molar-refractivity contribution in [2.75, 3.05) is 12.3 Å². The molecule has 0 aliphatic heterocycles. The predicted molar refractivity (Wildman–Crippen MR) is 113 cm³/mol. The number of carbonyl (C=O) groups excluding carboxylic acids is 1. The molecule has 154 valence electrons. The van der Waals surface area contributed by atoms with E-state index in [-0.39, 0.29) is 23.5 Å². The fourth-order valence-corrected chi connectivity index (χ4v) is 3.29. The third kappa shape index (κ3) is 5.03. The highest BCUT2D eigenvalue weighted by Crippen LogP contribution is 2.22. The summed E-state index contributed by atoms with van der Waals surface area (Å²) in [6.07, 6.45) is 1.54. The zero-order valence-electron chi connectivity index (χ0n) is 16.8. The SMILES string of the molecule is CC(CC(=O)NCCCc1nn(-c2ccc(F)cc2)c(N)c1C#N)c1ccccc1. The summed E-state index contributed by atoms with van der Waals surface area (Å²) in [4.78, 5) is 12.2. The quantitative estimate of drug-likeness (QED) is 0.558. The van der Waals surface area contributed by atoms with E-state index in [4.69, 9.17) is 5.73 Å². The Labute approximate surface area is 175 Å². The van der Waals surface area contributed by atoms with Gasteiger partial charge in [-0.1, -0.05) is 37.3 Å². The molecule has 1 amide bonds. The number of rotatable bonds is 8. The minimum Gasteiger partial charge on any atom is -0.382 e. The molecule has 1 heterocycles. The topological polar surface area (TPSA) is 96.7 Å². The van der Waals surface area contributed by atoms with Gasteiger partial charge in [-0.2, -0.15) is 10.4 Å². The number of nitrogens with two attached hydrogens (primary N) is 1. The lowest BCUT2D eigenvalue weighted by atomic mass is 9.97. The third-order valence-corrected chi connectivity index (χ3v) is 4.95. The van der Waals surface area contributed by atoms with Crippen LogP contribution in [0.5, 0.6) is 0 Å². The van der Waals surface area contributed by atoms with Crippen molar-refractivity contribution in [2.24, 2.45) is 0 Å². The van der Waals surface area contributed by atoms with Gasteiger partial charge in [-0.15, -0.1) is 0 Å². The normalized spacial score (nSPS) is 11.6. The van der Waals surface area contributed by atoms with Crippen LogP contribution in [0.15, 0.2) is 54.6 Å². The number of aromatic nitrogens is 2. The molecular weight excluding hydrogens is 381 g/mol. The van der Waals surface area contributed by atoms with Crippen molar-refractivity contribution >= 4 is 11.7 Å². The summed E-state index contributed by atoms with van der Waals surface area (Å²) in [6, 6.07) is 17.7. The smallest absolute Gasteiger partial charge is 0.220 e. The monoisotopic (exact) mass is 405 g/mol. The number of amides is 1. The average Bonchev–Trinajstić information content (AvgIpc) is 3.07. The van der Waals surface area contributed by atoms with Crippen LogP contribution in [0.2, 0.25) is 0 Å². The van der Waals surface area contributed by atoms with Gasteiger partial charge in [0.25, 0.3) is 0 Å². The molecule has 0 aliphatic rings. The molecule has 3 rings (SSSR count). The van der Waals surface area contributed by atoms with Crippen molar-refractivity contribution in [1.82, 2.24) is 15.1 Å². The molecule has 6 nitrogen and oxygen atoms in total.